The van der Waals surface area contributed by atoms with Gasteiger partial charge in [0.15, 0.2) is 0 Å². The van der Waals surface area contributed by atoms with Gasteiger partial charge < -0.3 is 19.9 Å². The number of benzene rings is 1. The summed E-state index contributed by atoms with van der Waals surface area (Å²) in [6.45, 7) is 1.52. The largest absolute Gasteiger partial charge is 0.463 e. The number of allylic oxidation sites excluding steroid dienone is 1. The maximum absolute atomic E-state index is 12.7. The Labute approximate surface area is 164 Å². The molecule has 0 saturated heterocycles. The molecule has 1 aliphatic rings. The van der Waals surface area contributed by atoms with Crippen LogP contribution < -0.4 is 16.2 Å². The molecule has 29 heavy (non-hydrogen) atoms. The minimum atomic E-state index is -0.798. The SMILES string of the molecule is CCOC(=O)C1=C(Cn2cc([N+](=O)[O-])ccc2=O)NC(=O)N[C@H]1c1ccccc1. The molecule has 0 spiro atoms. The molecule has 2 amide bonds. The van der Waals surface area contributed by atoms with E-state index in [-0.39, 0.29) is 30.1 Å². The predicted octanol–water partition coefficient (Wildman–Crippen LogP) is 1.63. The summed E-state index contributed by atoms with van der Waals surface area (Å²) in [5.74, 6) is -0.665. The van der Waals surface area contributed by atoms with Gasteiger partial charge in [-0.25, -0.2) is 9.59 Å². The first-order valence-corrected chi connectivity index (χ1v) is 8.78. The Kier molecular flexibility index (Phi) is 5.72. The number of ether oxygens (including phenoxy) is 1. The molecule has 1 aromatic carbocycles. The van der Waals surface area contributed by atoms with Crippen molar-refractivity contribution in [3.05, 3.63) is 86.0 Å². The Morgan fingerprint density at radius 3 is 2.59 bits per heavy atom. The zero-order valence-electron chi connectivity index (χ0n) is 15.5. The fourth-order valence-corrected chi connectivity index (χ4v) is 3.01. The van der Waals surface area contributed by atoms with Crippen molar-refractivity contribution in [2.75, 3.05) is 6.61 Å². The molecule has 0 unspecified atom stereocenters. The molecular formula is C19H18N4O6. The van der Waals surface area contributed by atoms with Gasteiger partial charge >= 0.3 is 12.0 Å². The van der Waals surface area contributed by atoms with E-state index in [0.29, 0.717) is 5.56 Å². The predicted molar refractivity (Wildman–Crippen MR) is 102 cm³/mol. The summed E-state index contributed by atoms with van der Waals surface area (Å²) in [4.78, 5) is 47.5. The molecule has 10 nitrogen and oxygen atoms in total. The first kappa shape index (κ1) is 19.8. The van der Waals surface area contributed by atoms with Crippen molar-refractivity contribution < 1.29 is 19.2 Å². The van der Waals surface area contributed by atoms with Gasteiger partial charge in [0.05, 0.1) is 41.6 Å². The Balaban J connectivity index is 2.11. The van der Waals surface area contributed by atoms with Crippen LogP contribution in [0.15, 0.2) is 64.7 Å². The summed E-state index contributed by atoms with van der Waals surface area (Å²) in [7, 11) is 0. The van der Waals surface area contributed by atoms with E-state index in [4.69, 9.17) is 4.74 Å². The summed E-state index contributed by atoms with van der Waals surface area (Å²) in [6, 6.07) is 9.58. The average Bonchev–Trinajstić information content (AvgIpc) is 2.69. The van der Waals surface area contributed by atoms with Gasteiger partial charge in [-0.3, -0.25) is 14.9 Å². The zero-order valence-corrected chi connectivity index (χ0v) is 15.5. The van der Waals surface area contributed by atoms with Crippen molar-refractivity contribution in [2.45, 2.75) is 19.5 Å². The Hall–Kier alpha value is -3.95. The molecule has 0 saturated carbocycles. The molecule has 1 atom stereocenters. The summed E-state index contributed by atoms with van der Waals surface area (Å²) < 4.78 is 6.20. The molecule has 2 heterocycles. The smallest absolute Gasteiger partial charge is 0.338 e. The van der Waals surface area contributed by atoms with Crippen LogP contribution >= 0.6 is 0 Å². The second kappa shape index (κ2) is 8.38. The number of carbonyl (C=O) groups excluding carboxylic acids is 2. The van der Waals surface area contributed by atoms with Crippen LogP contribution in [0.5, 0.6) is 0 Å². The van der Waals surface area contributed by atoms with E-state index in [1.54, 1.807) is 37.3 Å². The maximum Gasteiger partial charge on any atom is 0.338 e. The Bertz CT molecular complexity index is 1040. The molecule has 10 heteroatoms. The number of nitro groups is 1. The minimum absolute atomic E-state index is 0.113. The first-order chi connectivity index (χ1) is 13.9. The molecule has 2 N–H and O–H groups in total. The fraction of sp³-hybridized carbons (Fsp3) is 0.211. The minimum Gasteiger partial charge on any atom is -0.463 e. The van der Waals surface area contributed by atoms with Gasteiger partial charge in [-0.1, -0.05) is 30.3 Å². The quantitative estimate of drug-likeness (QED) is 0.432. The third kappa shape index (κ3) is 4.32. The lowest BCUT2D eigenvalue weighted by atomic mass is 9.95. The highest BCUT2D eigenvalue weighted by molar-refractivity contribution is 5.95. The molecule has 1 aromatic heterocycles. The molecule has 0 fully saturated rings. The van der Waals surface area contributed by atoms with E-state index >= 15 is 0 Å². The van der Waals surface area contributed by atoms with E-state index in [1.807, 2.05) is 0 Å². The Morgan fingerprint density at radius 1 is 1.21 bits per heavy atom. The molecule has 3 rings (SSSR count). The van der Waals surface area contributed by atoms with Crippen molar-refractivity contribution in [3.8, 4) is 0 Å². The first-order valence-electron chi connectivity index (χ1n) is 8.78. The number of urea groups is 1. The van der Waals surface area contributed by atoms with Crippen molar-refractivity contribution >= 4 is 17.7 Å². The van der Waals surface area contributed by atoms with E-state index in [2.05, 4.69) is 10.6 Å². The van der Waals surface area contributed by atoms with Crippen molar-refractivity contribution in [1.82, 2.24) is 15.2 Å². The zero-order chi connectivity index (χ0) is 21.0. The van der Waals surface area contributed by atoms with Gasteiger partial charge in [-0.2, -0.15) is 0 Å². The van der Waals surface area contributed by atoms with Gasteiger partial charge in [0.2, 0.25) is 0 Å². The topological polar surface area (TPSA) is 133 Å². The van der Waals surface area contributed by atoms with Crippen LogP contribution in [-0.4, -0.2) is 28.1 Å². The van der Waals surface area contributed by atoms with Crippen LogP contribution in [0.25, 0.3) is 0 Å². The number of pyridine rings is 1. The number of aromatic nitrogens is 1. The van der Waals surface area contributed by atoms with E-state index in [1.165, 1.54) is 0 Å². The standard InChI is InChI=1S/C19H18N4O6/c1-2-29-18(25)16-14(11-22-10-13(23(27)28)8-9-15(22)24)20-19(26)21-17(16)12-6-4-3-5-7-12/h3-10,17H,2,11H2,1H3,(H2,20,21,26)/t17-/m0/s1. The third-order valence-corrected chi connectivity index (χ3v) is 4.29. The second-order valence-electron chi connectivity index (χ2n) is 6.17. The third-order valence-electron chi connectivity index (χ3n) is 4.29. The molecule has 2 aromatic rings. The summed E-state index contributed by atoms with van der Waals surface area (Å²) in [6.07, 6.45) is 1.06. The van der Waals surface area contributed by atoms with Crippen molar-refractivity contribution in [1.29, 1.82) is 0 Å². The molecule has 150 valence electrons. The number of esters is 1. The lowest BCUT2D eigenvalue weighted by Gasteiger charge is -2.29. The van der Waals surface area contributed by atoms with Gasteiger partial charge in [0.25, 0.3) is 11.2 Å². The highest BCUT2D eigenvalue weighted by atomic mass is 16.6. The van der Waals surface area contributed by atoms with E-state index < -0.39 is 28.5 Å². The van der Waals surface area contributed by atoms with Crippen LogP contribution in [-0.2, 0) is 16.1 Å². The van der Waals surface area contributed by atoms with Crippen LogP contribution in [0, 0.1) is 10.1 Å². The van der Waals surface area contributed by atoms with Crippen LogP contribution in [0.2, 0.25) is 0 Å². The highest BCUT2D eigenvalue weighted by Gasteiger charge is 2.33. The number of carbonyl (C=O) groups is 2. The Morgan fingerprint density at radius 2 is 1.93 bits per heavy atom. The molecule has 0 radical (unpaired) electrons. The number of amides is 2. The monoisotopic (exact) mass is 398 g/mol. The molecule has 0 aliphatic carbocycles. The van der Waals surface area contributed by atoms with E-state index in [0.717, 1.165) is 22.9 Å². The summed E-state index contributed by atoms with van der Waals surface area (Å²) >= 11 is 0. The summed E-state index contributed by atoms with van der Waals surface area (Å²) in [5.41, 5.74) is 0.0899. The average molecular weight is 398 g/mol. The van der Waals surface area contributed by atoms with Gasteiger partial charge in [0, 0.05) is 12.1 Å². The van der Waals surface area contributed by atoms with Gasteiger partial charge in [-0.05, 0) is 12.5 Å². The van der Waals surface area contributed by atoms with Gasteiger partial charge in [-0.15, -0.1) is 0 Å². The fourth-order valence-electron chi connectivity index (χ4n) is 3.01. The highest BCUT2D eigenvalue weighted by Crippen LogP contribution is 2.28. The normalized spacial score (nSPS) is 16.0. The lowest BCUT2D eigenvalue weighted by molar-refractivity contribution is -0.385. The van der Waals surface area contributed by atoms with Crippen molar-refractivity contribution in [2.24, 2.45) is 0 Å². The number of nitrogens with one attached hydrogen (secondary N) is 2. The van der Waals surface area contributed by atoms with Crippen LogP contribution in [0.3, 0.4) is 0 Å². The second-order valence-corrected chi connectivity index (χ2v) is 6.17. The van der Waals surface area contributed by atoms with Crippen molar-refractivity contribution in [3.63, 3.8) is 0 Å². The molecule has 0 bridgehead atoms. The van der Waals surface area contributed by atoms with Gasteiger partial charge in [0.1, 0.15) is 0 Å². The van der Waals surface area contributed by atoms with Crippen LogP contribution in [0.4, 0.5) is 10.5 Å². The number of hydrogen-bond acceptors (Lipinski definition) is 6. The number of nitrogens with zero attached hydrogens (tertiary/aromatic N) is 2. The van der Waals surface area contributed by atoms with Crippen LogP contribution in [0.1, 0.15) is 18.5 Å². The molecular weight excluding hydrogens is 380 g/mol. The number of rotatable bonds is 6. The maximum atomic E-state index is 12.7. The lowest BCUT2D eigenvalue weighted by Crippen LogP contribution is -2.47. The number of hydrogen-bond donors (Lipinski definition) is 2. The van der Waals surface area contributed by atoms with E-state index in [9.17, 15) is 24.5 Å². The molecule has 1 aliphatic heterocycles. The summed E-state index contributed by atoms with van der Waals surface area (Å²) in [5, 5.41) is 16.2.